The van der Waals surface area contributed by atoms with Gasteiger partial charge in [0, 0.05) is 11.7 Å². The maximum atomic E-state index is 12.0. The van der Waals surface area contributed by atoms with E-state index >= 15 is 0 Å². The van der Waals surface area contributed by atoms with Gasteiger partial charge in [-0.3, -0.25) is 14.5 Å². The van der Waals surface area contributed by atoms with E-state index in [2.05, 4.69) is 5.32 Å². The molecule has 0 radical (unpaired) electrons. The molecule has 1 aromatic carbocycles. The summed E-state index contributed by atoms with van der Waals surface area (Å²) in [6, 6.07) is 4.80. The van der Waals surface area contributed by atoms with Crippen molar-refractivity contribution in [3.8, 4) is 0 Å². The van der Waals surface area contributed by atoms with E-state index in [-0.39, 0.29) is 24.9 Å². The summed E-state index contributed by atoms with van der Waals surface area (Å²) >= 11 is 11.7. The van der Waals surface area contributed by atoms with Crippen molar-refractivity contribution >= 4 is 40.8 Å². The Morgan fingerprint density at radius 1 is 1.33 bits per heavy atom. The number of benzene rings is 1. The van der Waals surface area contributed by atoms with Crippen LogP contribution in [0.15, 0.2) is 18.2 Å². The molecule has 114 valence electrons. The van der Waals surface area contributed by atoms with Crippen LogP contribution in [0.2, 0.25) is 10.0 Å². The Balaban J connectivity index is 1.91. The SMILES string of the molecule is O=C(O)CC1CCCN1CC(=O)Nc1ccc(Cl)c(Cl)c1. The molecule has 0 aliphatic carbocycles. The number of carboxylic acids is 1. The van der Waals surface area contributed by atoms with Gasteiger partial charge in [-0.25, -0.2) is 0 Å². The number of carbonyl (C=O) groups excluding carboxylic acids is 1. The minimum absolute atomic E-state index is 0.0675. The number of rotatable bonds is 5. The highest BCUT2D eigenvalue weighted by Gasteiger charge is 2.27. The smallest absolute Gasteiger partial charge is 0.304 e. The van der Waals surface area contributed by atoms with Crippen molar-refractivity contribution in [2.24, 2.45) is 0 Å². The Morgan fingerprint density at radius 2 is 2.10 bits per heavy atom. The van der Waals surface area contributed by atoms with Crippen LogP contribution in [-0.2, 0) is 9.59 Å². The van der Waals surface area contributed by atoms with Crippen LogP contribution in [0.5, 0.6) is 0 Å². The van der Waals surface area contributed by atoms with Crippen LogP contribution in [0.25, 0.3) is 0 Å². The highest BCUT2D eigenvalue weighted by Crippen LogP contribution is 2.25. The van der Waals surface area contributed by atoms with Crippen molar-refractivity contribution in [1.82, 2.24) is 4.90 Å². The van der Waals surface area contributed by atoms with Gasteiger partial charge in [0.2, 0.25) is 5.91 Å². The van der Waals surface area contributed by atoms with Crippen LogP contribution in [0.3, 0.4) is 0 Å². The molecule has 1 amide bonds. The van der Waals surface area contributed by atoms with E-state index in [0.29, 0.717) is 15.7 Å². The van der Waals surface area contributed by atoms with Gasteiger partial charge >= 0.3 is 5.97 Å². The minimum Gasteiger partial charge on any atom is -0.481 e. The number of carboxylic acid groups (broad SMARTS) is 1. The molecule has 1 aromatic rings. The van der Waals surface area contributed by atoms with Crippen molar-refractivity contribution in [3.05, 3.63) is 28.2 Å². The van der Waals surface area contributed by atoms with Gasteiger partial charge in [0.05, 0.1) is 23.0 Å². The monoisotopic (exact) mass is 330 g/mol. The number of hydrogen-bond donors (Lipinski definition) is 2. The maximum absolute atomic E-state index is 12.0. The fourth-order valence-electron chi connectivity index (χ4n) is 2.49. The van der Waals surface area contributed by atoms with Crippen molar-refractivity contribution in [3.63, 3.8) is 0 Å². The lowest BCUT2D eigenvalue weighted by atomic mass is 10.1. The van der Waals surface area contributed by atoms with Crippen LogP contribution in [-0.4, -0.2) is 41.0 Å². The summed E-state index contributed by atoms with van der Waals surface area (Å²) in [5.41, 5.74) is 0.573. The zero-order chi connectivity index (χ0) is 15.4. The molecule has 1 aliphatic rings. The first-order valence-electron chi connectivity index (χ1n) is 6.66. The summed E-state index contributed by atoms with van der Waals surface area (Å²) in [6.07, 6.45) is 1.80. The van der Waals surface area contributed by atoms with E-state index in [9.17, 15) is 9.59 Å². The Morgan fingerprint density at radius 3 is 2.76 bits per heavy atom. The zero-order valence-electron chi connectivity index (χ0n) is 11.3. The molecule has 1 unspecified atom stereocenters. The minimum atomic E-state index is -0.836. The first-order valence-corrected chi connectivity index (χ1v) is 7.42. The van der Waals surface area contributed by atoms with E-state index in [1.54, 1.807) is 18.2 Å². The molecule has 1 atom stereocenters. The molecule has 1 aliphatic heterocycles. The molecule has 0 bridgehead atoms. The Bertz CT molecular complexity index is 551. The van der Waals surface area contributed by atoms with Gasteiger partial charge in [-0.2, -0.15) is 0 Å². The Kier molecular flexibility index (Phi) is 5.45. The molecule has 2 N–H and O–H groups in total. The van der Waals surface area contributed by atoms with Gasteiger partial charge in [0.1, 0.15) is 0 Å². The second kappa shape index (κ2) is 7.11. The number of aliphatic carboxylic acids is 1. The summed E-state index contributed by atoms with van der Waals surface area (Å²) in [4.78, 5) is 24.7. The van der Waals surface area contributed by atoms with Crippen molar-refractivity contribution < 1.29 is 14.7 Å². The molecule has 2 rings (SSSR count). The van der Waals surface area contributed by atoms with Crippen LogP contribution in [0.1, 0.15) is 19.3 Å². The molecule has 0 aromatic heterocycles. The summed E-state index contributed by atoms with van der Waals surface area (Å²) < 4.78 is 0. The molecule has 0 saturated carbocycles. The van der Waals surface area contributed by atoms with E-state index in [0.717, 1.165) is 19.4 Å². The number of halogens is 2. The number of amides is 1. The van der Waals surface area contributed by atoms with Gasteiger partial charge < -0.3 is 10.4 Å². The highest BCUT2D eigenvalue weighted by molar-refractivity contribution is 6.42. The van der Waals surface area contributed by atoms with E-state index in [1.807, 2.05) is 4.90 Å². The molecular formula is C14H16Cl2N2O3. The van der Waals surface area contributed by atoms with Crippen LogP contribution < -0.4 is 5.32 Å². The zero-order valence-corrected chi connectivity index (χ0v) is 12.8. The molecule has 21 heavy (non-hydrogen) atoms. The summed E-state index contributed by atoms with van der Waals surface area (Å²) in [5, 5.41) is 12.4. The third kappa shape index (κ3) is 4.59. The summed E-state index contributed by atoms with van der Waals surface area (Å²) in [6.45, 7) is 0.922. The third-order valence-corrected chi connectivity index (χ3v) is 4.20. The average Bonchev–Trinajstić information content (AvgIpc) is 2.80. The third-order valence-electron chi connectivity index (χ3n) is 3.46. The lowest BCUT2D eigenvalue weighted by Crippen LogP contribution is -2.37. The van der Waals surface area contributed by atoms with Gasteiger partial charge in [0.15, 0.2) is 0 Å². The summed E-state index contributed by atoms with van der Waals surface area (Å²) in [5.74, 6) is -1.03. The molecule has 7 heteroatoms. The Hall–Kier alpha value is -1.30. The normalized spacial score (nSPS) is 18.7. The highest BCUT2D eigenvalue weighted by atomic mass is 35.5. The molecule has 1 saturated heterocycles. The first-order chi connectivity index (χ1) is 9.95. The predicted molar refractivity (Wildman–Crippen MR) is 81.9 cm³/mol. The number of hydrogen-bond acceptors (Lipinski definition) is 3. The summed E-state index contributed by atoms with van der Waals surface area (Å²) in [7, 11) is 0. The second-order valence-corrected chi connectivity index (χ2v) is 5.86. The largest absolute Gasteiger partial charge is 0.481 e. The quantitative estimate of drug-likeness (QED) is 0.870. The van der Waals surface area contributed by atoms with Gasteiger partial charge in [-0.15, -0.1) is 0 Å². The number of likely N-dealkylation sites (tertiary alicyclic amines) is 1. The van der Waals surface area contributed by atoms with E-state index in [4.69, 9.17) is 28.3 Å². The fourth-order valence-corrected chi connectivity index (χ4v) is 2.79. The van der Waals surface area contributed by atoms with Gasteiger partial charge in [-0.1, -0.05) is 23.2 Å². The molecule has 5 nitrogen and oxygen atoms in total. The second-order valence-electron chi connectivity index (χ2n) is 5.04. The molecule has 1 heterocycles. The number of carbonyl (C=O) groups is 2. The van der Waals surface area contributed by atoms with Crippen molar-refractivity contribution in [2.75, 3.05) is 18.4 Å². The first kappa shape index (κ1) is 16.1. The van der Waals surface area contributed by atoms with Crippen LogP contribution >= 0.6 is 23.2 Å². The van der Waals surface area contributed by atoms with Gasteiger partial charge in [-0.05, 0) is 37.6 Å². The van der Waals surface area contributed by atoms with Crippen molar-refractivity contribution in [1.29, 1.82) is 0 Å². The van der Waals surface area contributed by atoms with E-state index in [1.165, 1.54) is 0 Å². The predicted octanol–water partition coefficient (Wildman–Crippen LogP) is 2.87. The lowest BCUT2D eigenvalue weighted by molar-refractivity contribution is -0.138. The molecular weight excluding hydrogens is 315 g/mol. The topological polar surface area (TPSA) is 69.6 Å². The number of nitrogens with zero attached hydrogens (tertiary/aromatic N) is 1. The maximum Gasteiger partial charge on any atom is 0.304 e. The molecule has 0 spiro atoms. The lowest BCUT2D eigenvalue weighted by Gasteiger charge is -2.22. The molecule has 1 fully saturated rings. The van der Waals surface area contributed by atoms with Crippen LogP contribution in [0.4, 0.5) is 5.69 Å². The van der Waals surface area contributed by atoms with Crippen LogP contribution in [0, 0.1) is 0 Å². The van der Waals surface area contributed by atoms with E-state index < -0.39 is 5.97 Å². The standard InChI is InChI=1S/C14H16Cl2N2O3/c15-11-4-3-9(6-12(11)16)17-13(19)8-18-5-1-2-10(18)7-14(20)21/h3-4,6,10H,1-2,5,7-8H2,(H,17,19)(H,20,21). The van der Waals surface area contributed by atoms with Gasteiger partial charge in [0.25, 0.3) is 0 Å². The van der Waals surface area contributed by atoms with Crippen molar-refractivity contribution in [2.45, 2.75) is 25.3 Å². The number of anilines is 1. The number of nitrogens with one attached hydrogen (secondary N) is 1. The Labute approximate surface area is 132 Å². The average molecular weight is 331 g/mol. The fraction of sp³-hybridized carbons (Fsp3) is 0.429.